The Morgan fingerprint density at radius 2 is 1.65 bits per heavy atom. The Morgan fingerprint density at radius 1 is 1.04 bits per heavy atom. The third kappa shape index (κ3) is 3.81. The fraction of sp³-hybridized carbons (Fsp3) is 0.350. The first-order chi connectivity index (χ1) is 12.4. The summed E-state index contributed by atoms with van der Waals surface area (Å²) in [5.41, 5.74) is 2.63. The maximum Gasteiger partial charge on any atom is 0.251 e. The summed E-state index contributed by atoms with van der Waals surface area (Å²) < 4.78 is 26.6. The van der Waals surface area contributed by atoms with E-state index in [0.717, 1.165) is 24.0 Å². The topological polar surface area (TPSA) is 66.5 Å². The zero-order chi connectivity index (χ0) is 18.7. The Bertz CT molecular complexity index is 886. The lowest BCUT2D eigenvalue weighted by Gasteiger charge is -2.17. The van der Waals surface area contributed by atoms with Crippen molar-refractivity contribution in [1.82, 2.24) is 9.62 Å². The van der Waals surface area contributed by atoms with Gasteiger partial charge in [0.25, 0.3) is 5.91 Å². The summed E-state index contributed by atoms with van der Waals surface area (Å²) in [6.07, 6.45) is 1.80. The molecule has 6 heteroatoms. The van der Waals surface area contributed by atoms with Gasteiger partial charge in [0.2, 0.25) is 10.0 Å². The molecule has 1 aliphatic heterocycles. The number of sulfonamides is 1. The number of rotatable bonds is 5. The van der Waals surface area contributed by atoms with E-state index in [1.165, 1.54) is 16.4 Å². The quantitative estimate of drug-likeness (QED) is 0.876. The molecule has 1 fully saturated rings. The second kappa shape index (κ2) is 7.60. The average Bonchev–Trinajstić information content (AvgIpc) is 3.17. The zero-order valence-electron chi connectivity index (χ0n) is 15.1. The number of amides is 1. The lowest BCUT2D eigenvalue weighted by atomic mass is 10.0. The van der Waals surface area contributed by atoms with Gasteiger partial charge in [0.15, 0.2) is 0 Å². The van der Waals surface area contributed by atoms with Crippen molar-refractivity contribution in [3.63, 3.8) is 0 Å². The van der Waals surface area contributed by atoms with Crippen LogP contribution in [0.4, 0.5) is 0 Å². The van der Waals surface area contributed by atoms with Crippen LogP contribution >= 0.6 is 0 Å². The van der Waals surface area contributed by atoms with Crippen molar-refractivity contribution in [2.75, 3.05) is 13.1 Å². The highest BCUT2D eigenvalue weighted by molar-refractivity contribution is 7.89. The molecule has 0 aromatic heterocycles. The smallest absolute Gasteiger partial charge is 0.251 e. The van der Waals surface area contributed by atoms with Crippen molar-refractivity contribution in [1.29, 1.82) is 0 Å². The summed E-state index contributed by atoms with van der Waals surface area (Å²) in [4.78, 5) is 12.7. The number of hydrogen-bond donors (Lipinski definition) is 1. The van der Waals surface area contributed by atoms with Crippen molar-refractivity contribution in [3.05, 3.63) is 65.2 Å². The fourth-order valence-electron chi connectivity index (χ4n) is 3.29. The van der Waals surface area contributed by atoms with Gasteiger partial charge in [-0.1, -0.05) is 24.3 Å². The molecule has 1 amide bonds. The lowest BCUT2D eigenvalue weighted by Crippen LogP contribution is -2.28. The summed E-state index contributed by atoms with van der Waals surface area (Å²) in [5.74, 6) is -0.217. The van der Waals surface area contributed by atoms with Crippen LogP contribution in [0.15, 0.2) is 53.4 Å². The summed E-state index contributed by atoms with van der Waals surface area (Å²) in [6.45, 7) is 5.08. The van der Waals surface area contributed by atoms with Crippen molar-refractivity contribution in [3.8, 4) is 0 Å². The van der Waals surface area contributed by atoms with Crippen LogP contribution in [0.5, 0.6) is 0 Å². The second-order valence-electron chi connectivity index (χ2n) is 6.69. The summed E-state index contributed by atoms with van der Waals surface area (Å²) in [7, 11) is -3.45. The number of carbonyl (C=O) groups excluding carboxylic acids is 1. The van der Waals surface area contributed by atoms with E-state index in [4.69, 9.17) is 0 Å². The van der Waals surface area contributed by atoms with E-state index in [2.05, 4.69) is 5.32 Å². The van der Waals surface area contributed by atoms with Gasteiger partial charge in [-0.2, -0.15) is 4.31 Å². The van der Waals surface area contributed by atoms with Gasteiger partial charge in [-0.05, 0) is 62.1 Å². The Hall–Kier alpha value is -2.18. The molecule has 2 aromatic carbocycles. The highest BCUT2D eigenvalue weighted by Gasteiger charge is 2.27. The van der Waals surface area contributed by atoms with Gasteiger partial charge in [0, 0.05) is 18.7 Å². The average molecular weight is 372 g/mol. The molecule has 138 valence electrons. The van der Waals surface area contributed by atoms with E-state index in [9.17, 15) is 13.2 Å². The maximum atomic E-state index is 12.5. The minimum atomic E-state index is -3.45. The predicted molar refractivity (Wildman–Crippen MR) is 101 cm³/mol. The fourth-order valence-corrected chi connectivity index (χ4v) is 4.80. The molecule has 0 bridgehead atoms. The van der Waals surface area contributed by atoms with Crippen molar-refractivity contribution >= 4 is 15.9 Å². The minimum absolute atomic E-state index is 0.128. The van der Waals surface area contributed by atoms with Gasteiger partial charge in [0.05, 0.1) is 10.9 Å². The molecule has 1 saturated heterocycles. The van der Waals surface area contributed by atoms with Crippen molar-refractivity contribution in [2.45, 2.75) is 37.6 Å². The van der Waals surface area contributed by atoms with E-state index in [1.54, 1.807) is 12.1 Å². The van der Waals surface area contributed by atoms with Crippen LogP contribution in [0.2, 0.25) is 0 Å². The van der Waals surface area contributed by atoms with Crippen molar-refractivity contribution < 1.29 is 13.2 Å². The number of benzene rings is 2. The first kappa shape index (κ1) is 18.6. The number of carbonyl (C=O) groups is 1. The number of aryl methyl sites for hydroxylation is 1. The van der Waals surface area contributed by atoms with E-state index in [0.29, 0.717) is 18.7 Å². The van der Waals surface area contributed by atoms with E-state index >= 15 is 0 Å². The molecule has 0 saturated carbocycles. The van der Waals surface area contributed by atoms with Gasteiger partial charge in [0.1, 0.15) is 0 Å². The molecule has 3 rings (SSSR count). The molecule has 1 N–H and O–H groups in total. The lowest BCUT2D eigenvalue weighted by molar-refractivity contribution is 0.0939. The van der Waals surface area contributed by atoms with Crippen LogP contribution in [-0.2, 0) is 10.0 Å². The summed E-state index contributed by atoms with van der Waals surface area (Å²) in [6, 6.07) is 14.0. The van der Waals surface area contributed by atoms with Crippen LogP contribution in [0.3, 0.4) is 0 Å². The Labute approximate surface area is 155 Å². The van der Waals surface area contributed by atoms with Crippen LogP contribution < -0.4 is 5.32 Å². The van der Waals surface area contributed by atoms with Gasteiger partial charge in [-0.25, -0.2) is 8.42 Å². The molecule has 26 heavy (non-hydrogen) atoms. The molecule has 0 radical (unpaired) electrons. The third-order valence-corrected chi connectivity index (χ3v) is 6.73. The van der Waals surface area contributed by atoms with Gasteiger partial charge in [-0.15, -0.1) is 0 Å². The Morgan fingerprint density at radius 3 is 2.27 bits per heavy atom. The highest BCUT2D eigenvalue weighted by Crippen LogP contribution is 2.22. The molecule has 1 aliphatic rings. The highest BCUT2D eigenvalue weighted by atomic mass is 32.2. The number of nitrogens with zero attached hydrogens (tertiary/aromatic N) is 1. The van der Waals surface area contributed by atoms with E-state index in [1.807, 2.05) is 38.1 Å². The molecule has 5 nitrogen and oxygen atoms in total. The molecule has 0 unspecified atom stereocenters. The predicted octanol–water partition coefficient (Wildman–Crippen LogP) is 3.27. The SMILES string of the molecule is Cc1ccccc1[C@@H](C)NC(=O)c1ccc(S(=O)(=O)N2CCCC2)cc1. The van der Waals surface area contributed by atoms with Gasteiger partial charge >= 0.3 is 0 Å². The van der Waals surface area contributed by atoms with Crippen molar-refractivity contribution in [2.24, 2.45) is 0 Å². The normalized spacial score (nSPS) is 16.4. The molecule has 1 atom stereocenters. The van der Waals surface area contributed by atoms with E-state index < -0.39 is 10.0 Å². The Balaban J connectivity index is 1.72. The first-order valence-corrected chi connectivity index (χ1v) is 10.3. The summed E-state index contributed by atoms with van der Waals surface area (Å²) in [5, 5.41) is 2.97. The zero-order valence-corrected chi connectivity index (χ0v) is 15.9. The standard InChI is InChI=1S/C20H24N2O3S/c1-15-7-3-4-8-19(15)16(2)21-20(23)17-9-11-18(12-10-17)26(24,25)22-13-5-6-14-22/h3-4,7-12,16H,5-6,13-14H2,1-2H3,(H,21,23)/t16-/m1/s1. The maximum absolute atomic E-state index is 12.5. The third-order valence-electron chi connectivity index (χ3n) is 4.82. The molecular weight excluding hydrogens is 348 g/mol. The monoisotopic (exact) mass is 372 g/mol. The number of hydrogen-bond acceptors (Lipinski definition) is 3. The summed E-state index contributed by atoms with van der Waals surface area (Å²) >= 11 is 0. The molecule has 0 spiro atoms. The van der Waals surface area contributed by atoms with Crippen LogP contribution in [0, 0.1) is 6.92 Å². The van der Waals surface area contributed by atoms with Crippen LogP contribution in [-0.4, -0.2) is 31.7 Å². The van der Waals surface area contributed by atoms with Gasteiger partial charge in [-0.3, -0.25) is 4.79 Å². The molecule has 0 aliphatic carbocycles. The first-order valence-electron chi connectivity index (χ1n) is 8.86. The van der Waals surface area contributed by atoms with Crippen LogP contribution in [0.1, 0.15) is 47.3 Å². The van der Waals surface area contributed by atoms with Gasteiger partial charge < -0.3 is 5.32 Å². The number of nitrogens with one attached hydrogen (secondary N) is 1. The Kier molecular flexibility index (Phi) is 5.44. The molecular formula is C20H24N2O3S. The van der Waals surface area contributed by atoms with E-state index in [-0.39, 0.29) is 16.8 Å². The molecule has 2 aromatic rings. The largest absolute Gasteiger partial charge is 0.346 e. The second-order valence-corrected chi connectivity index (χ2v) is 8.63. The molecule has 1 heterocycles. The minimum Gasteiger partial charge on any atom is -0.346 e. The van der Waals surface area contributed by atoms with Crippen LogP contribution in [0.25, 0.3) is 0 Å².